The van der Waals surface area contributed by atoms with Crippen molar-refractivity contribution < 1.29 is 14.3 Å². The number of amides is 1. The van der Waals surface area contributed by atoms with Gasteiger partial charge in [-0.15, -0.1) is 5.10 Å². The van der Waals surface area contributed by atoms with Crippen molar-refractivity contribution in [1.82, 2.24) is 25.5 Å². The maximum atomic E-state index is 13.4. The Morgan fingerprint density at radius 1 is 1.50 bits per heavy atom. The normalized spacial score (nSPS) is 16.6. The topological polar surface area (TPSA) is 92.9 Å². The molecule has 1 unspecified atom stereocenters. The fourth-order valence-corrected chi connectivity index (χ4v) is 2.66. The van der Waals surface area contributed by atoms with E-state index in [4.69, 9.17) is 0 Å². The number of carbonyl (C=O) groups excluding carboxylic acids is 1. The average Bonchev–Trinajstić information content (AvgIpc) is 3.24. The van der Waals surface area contributed by atoms with Gasteiger partial charge in [0.05, 0.1) is 6.61 Å². The number of tetrazole rings is 1. The first-order valence-electron chi connectivity index (χ1n) is 7.90. The molecule has 1 aromatic heterocycles. The van der Waals surface area contributed by atoms with Crippen LogP contribution in [0.15, 0.2) is 24.3 Å². The van der Waals surface area contributed by atoms with Crippen molar-refractivity contribution in [3.8, 4) is 0 Å². The van der Waals surface area contributed by atoms with Gasteiger partial charge in [0, 0.05) is 18.4 Å². The molecule has 24 heavy (non-hydrogen) atoms. The minimum Gasteiger partial charge on any atom is -0.396 e. The molecule has 3 rings (SSSR count). The highest BCUT2D eigenvalue weighted by atomic mass is 19.1. The van der Waals surface area contributed by atoms with Crippen molar-refractivity contribution in [1.29, 1.82) is 0 Å². The molecular formula is C16H20FN5O2. The second kappa shape index (κ2) is 6.64. The van der Waals surface area contributed by atoms with Gasteiger partial charge in [-0.1, -0.05) is 12.1 Å². The molecule has 1 heterocycles. The quantitative estimate of drug-likeness (QED) is 0.781. The number of halogens is 1. The molecule has 1 amide bonds. The fraction of sp³-hybridized carbons (Fsp3) is 0.500. The summed E-state index contributed by atoms with van der Waals surface area (Å²) in [5, 5.41) is 23.6. The van der Waals surface area contributed by atoms with Gasteiger partial charge in [0.25, 0.3) is 0 Å². The molecule has 8 heteroatoms. The molecule has 1 saturated carbocycles. The average molecular weight is 333 g/mol. The van der Waals surface area contributed by atoms with E-state index in [-0.39, 0.29) is 30.2 Å². The monoisotopic (exact) mass is 333 g/mol. The molecule has 128 valence electrons. The van der Waals surface area contributed by atoms with Crippen LogP contribution in [0.5, 0.6) is 0 Å². The van der Waals surface area contributed by atoms with Crippen LogP contribution in [0.1, 0.15) is 30.3 Å². The number of rotatable bonds is 7. The first-order chi connectivity index (χ1) is 11.5. The molecule has 1 aromatic carbocycles. The maximum absolute atomic E-state index is 13.4. The molecule has 0 bridgehead atoms. The third-order valence-corrected chi connectivity index (χ3v) is 4.50. The summed E-state index contributed by atoms with van der Waals surface area (Å²) >= 11 is 0. The molecule has 2 N–H and O–H groups in total. The van der Waals surface area contributed by atoms with Crippen molar-refractivity contribution in [2.75, 3.05) is 13.2 Å². The van der Waals surface area contributed by atoms with Crippen molar-refractivity contribution in [2.45, 2.75) is 32.2 Å². The zero-order chi connectivity index (χ0) is 17.2. The predicted molar refractivity (Wildman–Crippen MR) is 83.5 cm³/mol. The Morgan fingerprint density at radius 2 is 2.29 bits per heavy atom. The predicted octanol–water partition coefficient (Wildman–Crippen LogP) is 0.793. The van der Waals surface area contributed by atoms with E-state index in [1.54, 1.807) is 19.1 Å². The highest BCUT2D eigenvalue weighted by Gasteiger charge is 2.42. The van der Waals surface area contributed by atoms with E-state index < -0.39 is 6.04 Å². The molecule has 0 radical (unpaired) electrons. The van der Waals surface area contributed by atoms with Gasteiger partial charge in [-0.2, -0.15) is 0 Å². The number of hydrogen-bond donors (Lipinski definition) is 2. The Hall–Kier alpha value is -2.35. The standard InChI is InChI=1S/C16H20FN5O2/c1-11-19-20-21-22(11)14(8-12-3-2-4-13(17)7-12)15(24)18-9-16(10-23)5-6-16/h2-4,7,14,23H,5-6,8-10H2,1H3,(H,18,24). The summed E-state index contributed by atoms with van der Waals surface area (Å²) in [4.78, 5) is 12.7. The van der Waals surface area contributed by atoms with E-state index >= 15 is 0 Å². The number of aliphatic hydroxyl groups excluding tert-OH is 1. The highest BCUT2D eigenvalue weighted by Crippen LogP contribution is 2.44. The Labute approximate surface area is 138 Å². The molecule has 0 saturated heterocycles. The smallest absolute Gasteiger partial charge is 0.245 e. The minimum atomic E-state index is -0.670. The first kappa shape index (κ1) is 16.5. The van der Waals surface area contributed by atoms with Gasteiger partial charge in [-0.25, -0.2) is 9.07 Å². The van der Waals surface area contributed by atoms with E-state index in [1.165, 1.54) is 16.8 Å². The van der Waals surface area contributed by atoms with Crippen molar-refractivity contribution in [3.63, 3.8) is 0 Å². The van der Waals surface area contributed by atoms with Gasteiger partial charge in [-0.3, -0.25) is 4.79 Å². The summed E-state index contributed by atoms with van der Waals surface area (Å²) in [6.07, 6.45) is 2.09. The molecule has 0 spiro atoms. The first-order valence-corrected chi connectivity index (χ1v) is 7.90. The number of carbonyl (C=O) groups is 1. The van der Waals surface area contributed by atoms with E-state index in [9.17, 15) is 14.3 Å². The van der Waals surface area contributed by atoms with E-state index in [1.807, 2.05) is 0 Å². The van der Waals surface area contributed by atoms with Crippen LogP contribution in [0.3, 0.4) is 0 Å². The zero-order valence-electron chi connectivity index (χ0n) is 13.4. The number of aliphatic hydroxyl groups is 1. The summed E-state index contributed by atoms with van der Waals surface area (Å²) in [6, 6.07) is 5.46. The van der Waals surface area contributed by atoms with Crippen molar-refractivity contribution in [2.24, 2.45) is 5.41 Å². The molecule has 7 nitrogen and oxygen atoms in total. The number of nitrogens with zero attached hydrogens (tertiary/aromatic N) is 4. The molecule has 1 atom stereocenters. The zero-order valence-corrected chi connectivity index (χ0v) is 13.4. The molecule has 0 aliphatic heterocycles. The van der Waals surface area contributed by atoms with Crippen LogP contribution in [0.2, 0.25) is 0 Å². The summed E-state index contributed by atoms with van der Waals surface area (Å²) in [6.45, 7) is 2.19. The molecule has 1 aliphatic carbocycles. The Balaban J connectivity index is 1.77. The van der Waals surface area contributed by atoms with Crippen LogP contribution in [0.4, 0.5) is 4.39 Å². The number of benzene rings is 1. The molecule has 2 aromatic rings. The summed E-state index contributed by atoms with van der Waals surface area (Å²) in [7, 11) is 0. The van der Waals surface area contributed by atoms with E-state index in [0.29, 0.717) is 17.9 Å². The molecule has 1 fully saturated rings. The SMILES string of the molecule is Cc1nnnn1C(Cc1cccc(F)c1)C(=O)NCC1(CO)CC1. The van der Waals surface area contributed by atoms with Crippen LogP contribution in [-0.4, -0.2) is 44.4 Å². The second-order valence-electron chi connectivity index (χ2n) is 6.40. The van der Waals surface area contributed by atoms with E-state index in [0.717, 1.165) is 12.8 Å². The Kier molecular flexibility index (Phi) is 4.57. The lowest BCUT2D eigenvalue weighted by Crippen LogP contribution is -2.38. The lowest BCUT2D eigenvalue weighted by atomic mass is 10.0. The maximum Gasteiger partial charge on any atom is 0.245 e. The van der Waals surface area contributed by atoms with Crippen molar-refractivity contribution >= 4 is 5.91 Å². The molecular weight excluding hydrogens is 313 g/mol. The van der Waals surface area contributed by atoms with Gasteiger partial charge in [0.2, 0.25) is 5.91 Å². The van der Waals surface area contributed by atoms with Gasteiger partial charge >= 0.3 is 0 Å². The Bertz CT molecular complexity index is 729. The van der Waals surface area contributed by atoms with E-state index in [2.05, 4.69) is 20.8 Å². The highest BCUT2D eigenvalue weighted by molar-refractivity contribution is 5.80. The van der Waals surface area contributed by atoms with Crippen LogP contribution in [-0.2, 0) is 11.2 Å². The van der Waals surface area contributed by atoms with Crippen LogP contribution in [0, 0.1) is 18.2 Å². The molecule has 1 aliphatic rings. The summed E-state index contributed by atoms with van der Waals surface area (Å²) < 4.78 is 14.9. The van der Waals surface area contributed by atoms with Gasteiger partial charge in [0.1, 0.15) is 17.7 Å². The second-order valence-corrected chi connectivity index (χ2v) is 6.40. The lowest BCUT2D eigenvalue weighted by Gasteiger charge is -2.20. The third kappa shape index (κ3) is 3.59. The van der Waals surface area contributed by atoms with Crippen LogP contribution >= 0.6 is 0 Å². The number of aromatic nitrogens is 4. The van der Waals surface area contributed by atoms with Gasteiger partial charge in [0.15, 0.2) is 0 Å². The van der Waals surface area contributed by atoms with Crippen LogP contribution in [0.25, 0.3) is 0 Å². The summed E-state index contributed by atoms with van der Waals surface area (Å²) in [5.74, 6) is -0.0819. The largest absolute Gasteiger partial charge is 0.396 e. The van der Waals surface area contributed by atoms with Gasteiger partial charge < -0.3 is 10.4 Å². The number of nitrogens with one attached hydrogen (secondary N) is 1. The summed E-state index contributed by atoms with van der Waals surface area (Å²) in [5.41, 5.74) is 0.502. The fourth-order valence-electron chi connectivity index (χ4n) is 2.66. The van der Waals surface area contributed by atoms with Crippen molar-refractivity contribution in [3.05, 3.63) is 41.5 Å². The number of aryl methyl sites for hydroxylation is 1. The number of hydrogen-bond acceptors (Lipinski definition) is 5. The third-order valence-electron chi connectivity index (χ3n) is 4.50. The Morgan fingerprint density at radius 3 is 2.88 bits per heavy atom. The lowest BCUT2D eigenvalue weighted by molar-refractivity contribution is -0.125. The van der Waals surface area contributed by atoms with Crippen LogP contribution < -0.4 is 5.32 Å². The minimum absolute atomic E-state index is 0.0613. The van der Waals surface area contributed by atoms with Gasteiger partial charge in [-0.05, 0) is 47.9 Å².